The third kappa shape index (κ3) is 3.27. The molecule has 1 aromatic rings. The van der Waals surface area contributed by atoms with E-state index in [2.05, 4.69) is 6.92 Å². The van der Waals surface area contributed by atoms with Gasteiger partial charge in [0.25, 0.3) is 0 Å². The molecule has 8 heteroatoms. The van der Waals surface area contributed by atoms with Gasteiger partial charge >= 0.3 is 0 Å². The van der Waals surface area contributed by atoms with Gasteiger partial charge < -0.3 is 14.4 Å². The number of hydrogen-bond donors (Lipinski definition) is 0. The number of carbonyl (C=O) groups excluding carboxylic acids is 1. The number of carbonyl (C=O) groups is 1. The van der Waals surface area contributed by atoms with Gasteiger partial charge in [-0.25, -0.2) is 8.42 Å². The number of rotatable bonds is 3. The van der Waals surface area contributed by atoms with Gasteiger partial charge in [-0.1, -0.05) is 6.92 Å². The van der Waals surface area contributed by atoms with E-state index in [-0.39, 0.29) is 16.7 Å². The van der Waals surface area contributed by atoms with E-state index < -0.39 is 10.0 Å². The van der Waals surface area contributed by atoms with Gasteiger partial charge in [0.15, 0.2) is 11.5 Å². The standard InChI is InChI=1S/C18H24N2O5S/c1-13-11-15(13)18(21)19-5-7-20(8-6-19)26(22,23)14-3-4-16-17(12-14)25-10-2-9-24-16/h3-4,12-13,15H,2,5-11H2,1H3/t13-,15+/m1/s1. The maximum Gasteiger partial charge on any atom is 0.243 e. The second kappa shape index (κ2) is 6.74. The first kappa shape index (κ1) is 17.6. The fourth-order valence-corrected chi connectivity index (χ4v) is 4.94. The summed E-state index contributed by atoms with van der Waals surface area (Å²) in [5.74, 6) is 1.83. The molecule has 0 bridgehead atoms. The molecule has 1 aromatic carbocycles. The molecule has 1 amide bonds. The second-order valence-corrected chi connectivity index (χ2v) is 9.15. The van der Waals surface area contributed by atoms with Gasteiger partial charge in [-0.15, -0.1) is 0 Å². The van der Waals surface area contributed by atoms with Crippen LogP contribution in [0.5, 0.6) is 11.5 Å². The first-order chi connectivity index (χ1) is 12.5. The fourth-order valence-electron chi connectivity index (χ4n) is 3.50. The second-order valence-electron chi connectivity index (χ2n) is 7.21. The average molecular weight is 380 g/mol. The van der Waals surface area contributed by atoms with E-state index in [1.54, 1.807) is 23.1 Å². The van der Waals surface area contributed by atoms with Crippen molar-refractivity contribution in [3.63, 3.8) is 0 Å². The van der Waals surface area contributed by atoms with Crippen molar-refractivity contribution in [1.29, 1.82) is 0 Å². The van der Waals surface area contributed by atoms with Crippen LogP contribution in [0.15, 0.2) is 23.1 Å². The summed E-state index contributed by atoms with van der Waals surface area (Å²) in [6, 6.07) is 4.76. The molecule has 4 rings (SSSR count). The zero-order valence-electron chi connectivity index (χ0n) is 14.9. The first-order valence-electron chi connectivity index (χ1n) is 9.15. The molecular weight excluding hydrogens is 356 g/mol. The highest BCUT2D eigenvalue weighted by Gasteiger charge is 2.42. The third-order valence-electron chi connectivity index (χ3n) is 5.33. The highest BCUT2D eigenvalue weighted by Crippen LogP contribution is 2.39. The largest absolute Gasteiger partial charge is 0.490 e. The molecule has 0 unspecified atom stereocenters. The molecule has 7 nitrogen and oxygen atoms in total. The number of hydrogen-bond acceptors (Lipinski definition) is 5. The summed E-state index contributed by atoms with van der Waals surface area (Å²) in [5.41, 5.74) is 0. The van der Waals surface area contributed by atoms with E-state index >= 15 is 0 Å². The van der Waals surface area contributed by atoms with Crippen LogP contribution >= 0.6 is 0 Å². The summed E-state index contributed by atoms with van der Waals surface area (Å²) in [5, 5.41) is 0. The zero-order chi connectivity index (χ0) is 18.3. The van der Waals surface area contributed by atoms with Crippen molar-refractivity contribution in [3.8, 4) is 11.5 Å². The van der Waals surface area contributed by atoms with Crippen molar-refractivity contribution < 1.29 is 22.7 Å². The number of sulfonamides is 1. The van der Waals surface area contributed by atoms with Crippen LogP contribution < -0.4 is 9.47 Å². The van der Waals surface area contributed by atoms with Crippen LogP contribution in [0, 0.1) is 11.8 Å². The Morgan fingerprint density at radius 1 is 1.08 bits per heavy atom. The molecule has 2 heterocycles. The van der Waals surface area contributed by atoms with E-state index in [4.69, 9.17) is 9.47 Å². The van der Waals surface area contributed by atoms with E-state index in [9.17, 15) is 13.2 Å². The maximum absolute atomic E-state index is 13.0. The van der Waals surface area contributed by atoms with E-state index in [1.165, 1.54) is 4.31 Å². The zero-order valence-corrected chi connectivity index (χ0v) is 15.7. The number of amides is 1. The van der Waals surface area contributed by atoms with Gasteiger partial charge in [0.1, 0.15) is 0 Å². The van der Waals surface area contributed by atoms with Crippen LogP contribution in [0.4, 0.5) is 0 Å². The summed E-state index contributed by atoms with van der Waals surface area (Å²) in [4.78, 5) is 14.3. The highest BCUT2D eigenvalue weighted by molar-refractivity contribution is 7.89. The van der Waals surface area contributed by atoms with E-state index in [1.807, 2.05) is 0 Å². The molecule has 3 aliphatic rings. The van der Waals surface area contributed by atoms with Crippen LogP contribution in [0.2, 0.25) is 0 Å². The summed E-state index contributed by atoms with van der Waals surface area (Å²) >= 11 is 0. The summed E-state index contributed by atoms with van der Waals surface area (Å²) < 4.78 is 38.5. The van der Waals surface area contributed by atoms with Crippen molar-refractivity contribution in [3.05, 3.63) is 18.2 Å². The lowest BCUT2D eigenvalue weighted by Crippen LogP contribution is -2.51. The minimum absolute atomic E-state index is 0.139. The monoisotopic (exact) mass is 380 g/mol. The lowest BCUT2D eigenvalue weighted by atomic mass is 10.2. The van der Waals surface area contributed by atoms with Gasteiger partial charge in [0, 0.05) is 44.6 Å². The van der Waals surface area contributed by atoms with Crippen LogP contribution in [0.1, 0.15) is 19.8 Å². The lowest BCUT2D eigenvalue weighted by Gasteiger charge is -2.34. The molecule has 142 valence electrons. The molecule has 1 aliphatic carbocycles. The normalized spacial score (nSPS) is 26.3. The molecule has 2 atom stereocenters. The number of fused-ring (bicyclic) bond motifs is 1. The van der Waals surface area contributed by atoms with Crippen LogP contribution in [0.25, 0.3) is 0 Å². The van der Waals surface area contributed by atoms with Gasteiger partial charge in [0.2, 0.25) is 15.9 Å². The quantitative estimate of drug-likeness (QED) is 0.791. The molecule has 2 fully saturated rings. The third-order valence-corrected chi connectivity index (χ3v) is 7.23. The number of nitrogens with zero attached hydrogens (tertiary/aromatic N) is 2. The Bertz CT molecular complexity index is 802. The van der Waals surface area contributed by atoms with Crippen LogP contribution in [0.3, 0.4) is 0 Å². The predicted octanol–water partition coefficient (Wildman–Crippen LogP) is 1.34. The molecule has 0 radical (unpaired) electrons. The van der Waals surface area contributed by atoms with Crippen LogP contribution in [-0.4, -0.2) is 62.9 Å². The van der Waals surface area contributed by atoms with Crippen molar-refractivity contribution in [2.24, 2.45) is 11.8 Å². The SMILES string of the molecule is C[C@@H]1C[C@@H]1C(=O)N1CCN(S(=O)(=O)c2ccc3c(c2)OCCCO3)CC1. The van der Waals surface area contributed by atoms with Gasteiger partial charge in [0.05, 0.1) is 18.1 Å². The van der Waals surface area contributed by atoms with E-state index in [0.29, 0.717) is 56.8 Å². The lowest BCUT2D eigenvalue weighted by molar-refractivity contribution is -0.134. The number of ether oxygens (including phenoxy) is 2. The van der Waals surface area contributed by atoms with Gasteiger partial charge in [-0.05, 0) is 24.5 Å². The first-order valence-corrected chi connectivity index (χ1v) is 10.6. The fraction of sp³-hybridized carbons (Fsp3) is 0.611. The summed E-state index contributed by atoms with van der Waals surface area (Å²) in [6.07, 6.45) is 1.72. The molecule has 0 N–H and O–H groups in total. The minimum Gasteiger partial charge on any atom is -0.490 e. The van der Waals surface area contributed by atoms with E-state index in [0.717, 1.165) is 12.8 Å². The molecule has 0 aromatic heterocycles. The molecular formula is C18H24N2O5S. The molecule has 0 spiro atoms. The number of piperazine rings is 1. The Hall–Kier alpha value is -1.80. The highest BCUT2D eigenvalue weighted by atomic mass is 32.2. The molecule has 26 heavy (non-hydrogen) atoms. The van der Waals surface area contributed by atoms with Crippen molar-refractivity contribution in [1.82, 2.24) is 9.21 Å². The predicted molar refractivity (Wildman–Crippen MR) is 94.7 cm³/mol. The summed E-state index contributed by atoms with van der Waals surface area (Å²) in [7, 11) is -3.61. The Labute approximate surface area is 153 Å². The topological polar surface area (TPSA) is 76.2 Å². The van der Waals surface area contributed by atoms with Crippen molar-refractivity contribution >= 4 is 15.9 Å². The van der Waals surface area contributed by atoms with Crippen molar-refractivity contribution in [2.75, 3.05) is 39.4 Å². The summed E-state index contributed by atoms with van der Waals surface area (Å²) in [6.45, 7) is 4.70. The Morgan fingerprint density at radius 3 is 2.38 bits per heavy atom. The average Bonchev–Trinajstić information content (AvgIpc) is 3.42. The maximum atomic E-state index is 13.0. The Kier molecular flexibility index (Phi) is 4.56. The minimum atomic E-state index is -3.61. The Balaban J connectivity index is 1.46. The van der Waals surface area contributed by atoms with Gasteiger partial charge in [-0.2, -0.15) is 4.31 Å². The smallest absolute Gasteiger partial charge is 0.243 e. The molecule has 1 saturated heterocycles. The van der Waals surface area contributed by atoms with Crippen molar-refractivity contribution in [2.45, 2.75) is 24.7 Å². The number of benzene rings is 1. The van der Waals surface area contributed by atoms with Gasteiger partial charge in [-0.3, -0.25) is 4.79 Å². The Morgan fingerprint density at radius 2 is 1.73 bits per heavy atom. The molecule has 2 aliphatic heterocycles. The molecule has 1 saturated carbocycles. The van der Waals surface area contributed by atoms with Crippen LogP contribution in [-0.2, 0) is 14.8 Å².